The molecule has 0 spiro atoms. The van der Waals surface area contributed by atoms with Crippen LogP contribution in [0, 0.1) is 5.92 Å². The van der Waals surface area contributed by atoms with E-state index in [2.05, 4.69) is 32.8 Å². The molecular formula is C17H20N4O. The number of anilines is 1. The molecule has 4 rings (SSSR count). The predicted molar refractivity (Wildman–Crippen MR) is 88.6 cm³/mol. The van der Waals surface area contributed by atoms with Crippen molar-refractivity contribution in [2.75, 3.05) is 25.1 Å². The van der Waals surface area contributed by atoms with E-state index in [1.807, 2.05) is 12.1 Å². The summed E-state index contributed by atoms with van der Waals surface area (Å²) in [5.41, 5.74) is 2.99. The number of nitrogens with zero attached hydrogens (tertiary/aromatic N) is 3. The zero-order valence-corrected chi connectivity index (χ0v) is 13.0. The lowest BCUT2D eigenvalue weighted by Gasteiger charge is -2.31. The van der Waals surface area contributed by atoms with Crippen molar-refractivity contribution in [3.8, 4) is 5.75 Å². The third kappa shape index (κ3) is 2.00. The number of methoxy groups -OCH3 is 1. The maximum absolute atomic E-state index is 5.50. The lowest BCUT2D eigenvalue weighted by Crippen LogP contribution is -2.35. The van der Waals surface area contributed by atoms with Gasteiger partial charge in [0.25, 0.3) is 0 Å². The molecule has 5 nitrogen and oxygen atoms in total. The highest BCUT2D eigenvalue weighted by Gasteiger charge is 2.22. The molecule has 1 aliphatic heterocycles. The molecule has 1 fully saturated rings. The standard InChI is InChI=1S/C17H20N4O/c1-11-5-4-8-21(9-11)17-16-15(18-10-19-17)14-12(20-16)6-3-7-13(14)22-2/h3,6-7,10-11,20H,4-5,8-9H2,1-2H3/t11-/m0/s1. The molecule has 1 N–H and O–H groups in total. The van der Waals surface area contributed by atoms with Gasteiger partial charge < -0.3 is 14.6 Å². The Morgan fingerprint density at radius 2 is 2.23 bits per heavy atom. The fourth-order valence-corrected chi connectivity index (χ4v) is 3.49. The van der Waals surface area contributed by atoms with Gasteiger partial charge in [-0.15, -0.1) is 0 Å². The maximum atomic E-state index is 5.50. The van der Waals surface area contributed by atoms with E-state index in [0.717, 1.165) is 46.6 Å². The van der Waals surface area contributed by atoms with Crippen molar-refractivity contribution in [3.63, 3.8) is 0 Å². The molecule has 0 aliphatic carbocycles. The van der Waals surface area contributed by atoms with E-state index in [1.165, 1.54) is 12.8 Å². The Hall–Kier alpha value is -2.30. The van der Waals surface area contributed by atoms with Gasteiger partial charge in [0, 0.05) is 13.1 Å². The average molecular weight is 296 g/mol. The minimum absolute atomic E-state index is 0.706. The van der Waals surface area contributed by atoms with Crippen molar-refractivity contribution in [2.24, 2.45) is 5.92 Å². The first-order valence-corrected chi connectivity index (χ1v) is 7.82. The maximum Gasteiger partial charge on any atom is 0.156 e. The molecule has 5 heteroatoms. The van der Waals surface area contributed by atoms with Gasteiger partial charge in [0.2, 0.25) is 0 Å². The summed E-state index contributed by atoms with van der Waals surface area (Å²) in [5.74, 6) is 2.56. The highest BCUT2D eigenvalue weighted by molar-refractivity contribution is 6.11. The number of nitrogens with one attached hydrogen (secondary N) is 1. The topological polar surface area (TPSA) is 54.0 Å². The van der Waals surface area contributed by atoms with Crippen LogP contribution in [0.15, 0.2) is 24.5 Å². The van der Waals surface area contributed by atoms with Crippen LogP contribution in [-0.4, -0.2) is 35.2 Å². The number of piperidine rings is 1. The van der Waals surface area contributed by atoms with Crippen molar-refractivity contribution in [1.82, 2.24) is 15.0 Å². The minimum Gasteiger partial charge on any atom is -0.496 e. The van der Waals surface area contributed by atoms with Crippen LogP contribution < -0.4 is 9.64 Å². The third-order valence-electron chi connectivity index (χ3n) is 4.53. The van der Waals surface area contributed by atoms with Crippen molar-refractivity contribution < 1.29 is 4.74 Å². The fourth-order valence-electron chi connectivity index (χ4n) is 3.49. The quantitative estimate of drug-likeness (QED) is 0.788. The molecule has 1 aromatic carbocycles. The van der Waals surface area contributed by atoms with Crippen LogP contribution in [0.3, 0.4) is 0 Å². The number of ether oxygens (including phenoxy) is 1. The Balaban J connectivity index is 1.93. The molecule has 22 heavy (non-hydrogen) atoms. The monoisotopic (exact) mass is 296 g/mol. The van der Waals surface area contributed by atoms with E-state index in [9.17, 15) is 0 Å². The van der Waals surface area contributed by atoms with Crippen LogP contribution in [0.4, 0.5) is 5.82 Å². The average Bonchev–Trinajstić information content (AvgIpc) is 2.93. The van der Waals surface area contributed by atoms with Crippen LogP contribution in [0.25, 0.3) is 21.9 Å². The first kappa shape index (κ1) is 13.4. The summed E-state index contributed by atoms with van der Waals surface area (Å²) >= 11 is 0. The van der Waals surface area contributed by atoms with E-state index < -0.39 is 0 Å². The summed E-state index contributed by atoms with van der Waals surface area (Å²) in [6.07, 6.45) is 4.18. The molecule has 3 heterocycles. The van der Waals surface area contributed by atoms with Crippen LogP contribution in [0.2, 0.25) is 0 Å². The van der Waals surface area contributed by atoms with Gasteiger partial charge in [0.05, 0.1) is 18.0 Å². The molecule has 114 valence electrons. The van der Waals surface area contributed by atoms with Crippen molar-refractivity contribution in [1.29, 1.82) is 0 Å². The van der Waals surface area contributed by atoms with Gasteiger partial charge in [-0.3, -0.25) is 0 Å². The third-order valence-corrected chi connectivity index (χ3v) is 4.53. The van der Waals surface area contributed by atoms with Crippen LogP contribution >= 0.6 is 0 Å². The lowest BCUT2D eigenvalue weighted by atomic mass is 10.0. The SMILES string of the molecule is COc1cccc2[nH]c3c(N4CCC[C@H](C)C4)ncnc3c12. The van der Waals surface area contributed by atoms with Crippen molar-refractivity contribution >= 4 is 27.8 Å². The Morgan fingerprint density at radius 3 is 3.05 bits per heavy atom. The molecule has 1 saturated heterocycles. The zero-order chi connectivity index (χ0) is 15.1. The zero-order valence-electron chi connectivity index (χ0n) is 13.0. The molecule has 3 aromatic rings. The number of rotatable bonds is 2. The number of aromatic amines is 1. The molecule has 2 aromatic heterocycles. The highest BCUT2D eigenvalue weighted by Crippen LogP contribution is 2.35. The van der Waals surface area contributed by atoms with Gasteiger partial charge in [-0.25, -0.2) is 9.97 Å². The highest BCUT2D eigenvalue weighted by atomic mass is 16.5. The fraction of sp³-hybridized carbons (Fsp3) is 0.412. The second-order valence-corrected chi connectivity index (χ2v) is 6.12. The summed E-state index contributed by atoms with van der Waals surface area (Å²) in [6, 6.07) is 6.02. The molecule has 0 radical (unpaired) electrons. The van der Waals surface area contributed by atoms with Gasteiger partial charge in [0.1, 0.15) is 23.1 Å². The smallest absolute Gasteiger partial charge is 0.156 e. The Bertz CT molecular complexity index is 826. The normalized spacial score (nSPS) is 19.0. The van der Waals surface area contributed by atoms with Gasteiger partial charge in [-0.2, -0.15) is 0 Å². The number of hydrogen-bond donors (Lipinski definition) is 1. The van der Waals surface area contributed by atoms with Crippen molar-refractivity contribution in [2.45, 2.75) is 19.8 Å². The molecule has 0 unspecified atom stereocenters. The Labute approximate surface area is 129 Å². The molecule has 1 atom stereocenters. The molecular weight excluding hydrogens is 276 g/mol. The first-order valence-electron chi connectivity index (χ1n) is 7.82. The molecule has 1 aliphatic rings. The number of fused-ring (bicyclic) bond motifs is 3. The summed E-state index contributed by atoms with van der Waals surface area (Å²) in [6.45, 7) is 4.42. The first-order chi connectivity index (χ1) is 10.8. The minimum atomic E-state index is 0.706. The summed E-state index contributed by atoms with van der Waals surface area (Å²) in [5, 5.41) is 1.04. The van der Waals surface area contributed by atoms with E-state index in [1.54, 1.807) is 13.4 Å². The van der Waals surface area contributed by atoms with Crippen LogP contribution in [-0.2, 0) is 0 Å². The van der Waals surface area contributed by atoms with E-state index in [4.69, 9.17) is 4.74 Å². The Kier molecular flexibility index (Phi) is 3.13. The predicted octanol–water partition coefficient (Wildman–Crippen LogP) is 3.36. The van der Waals surface area contributed by atoms with E-state index in [0.29, 0.717) is 5.92 Å². The molecule has 0 bridgehead atoms. The summed E-state index contributed by atoms with van der Waals surface area (Å²) in [4.78, 5) is 14.9. The molecule has 0 saturated carbocycles. The van der Waals surface area contributed by atoms with E-state index >= 15 is 0 Å². The largest absolute Gasteiger partial charge is 0.496 e. The van der Waals surface area contributed by atoms with Gasteiger partial charge in [-0.05, 0) is 30.9 Å². The Morgan fingerprint density at radius 1 is 1.32 bits per heavy atom. The second-order valence-electron chi connectivity index (χ2n) is 6.12. The van der Waals surface area contributed by atoms with Gasteiger partial charge >= 0.3 is 0 Å². The number of benzene rings is 1. The van der Waals surface area contributed by atoms with Gasteiger partial charge in [-0.1, -0.05) is 13.0 Å². The number of hydrogen-bond acceptors (Lipinski definition) is 4. The lowest BCUT2D eigenvalue weighted by molar-refractivity contribution is 0.420. The summed E-state index contributed by atoms with van der Waals surface area (Å²) in [7, 11) is 1.70. The number of aromatic nitrogens is 3. The van der Waals surface area contributed by atoms with Crippen LogP contribution in [0.5, 0.6) is 5.75 Å². The molecule has 0 amide bonds. The van der Waals surface area contributed by atoms with E-state index in [-0.39, 0.29) is 0 Å². The number of H-pyrrole nitrogens is 1. The second kappa shape index (κ2) is 5.16. The van der Waals surface area contributed by atoms with Crippen LogP contribution in [0.1, 0.15) is 19.8 Å². The van der Waals surface area contributed by atoms with Gasteiger partial charge in [0.15, 0.2) is 5.82 Å². The summed E-state index contributed by atoms with van der Waals surface area (Å²) < 4.78 is 5.50. The van der Waals surface area contributed by atoms with Crippen molar-refractivity contribution in [3.05, 3.63) is 24.5 Å².